The van der Waals surface area contributed by atoms with E-state index in [-0.39, 0.29) is 19.0 Å². The van der Waals surface area contributed by atoms with Gasteiger partial charge in [0.25, 0.3) is 0 Å². The molecule has 9 nitrogen and oxygen atoms in total. The number of aliphatic carboxylic acids is 1. The molecule has 0 heterocycles. The zero-order valence-corrected chi connectivity index (χ0v) is 17.0. The van der Waals surface area contributed by atoms with Crippen LogP contribution in [0.15, 0.2) is 30.3 Å². The predicted octanol–water partition coefficient (Wildman–Crippen LogP) is 0.203. The van der Waals surface area contributed by atoms with Crippen molar-refractivity contribution < 1.29 is 24.3 Å². The molecule has 0 aromatic heterocycles. The molecule has 0 saturated heterocycles. The Kier molecular flexibility index (Phi) is 12.7. The lowest BCUT2D eigenvalue weighted by molar-refractivity contribution is -0.140. The van der Waals surface area contributed by atoms with Crippen LogP contribution in [-0.4, -0.2) is 59.4 Å². The maximum Gasteiger partial charge on any atom is 0.305 e. The number of hydrogen-bond donors (Lipinski definition) is 5. The smallest absolute Gasteiger partial charge is 0.305 e. The Labute approximate surface area is 173 Å². The number of thioether (sulfide) groups is 1. The summed E-state index contributed by atoms with van der Waals surface area (Å²) in [7, 11) is 0. The van der Waals surface area contributed by atoms with Crippen LogP contribution in [0.4, 0.5) is 5.69 Å². The summed E-state index contributed by atoms with van der Waals surface area (Å²) < 4.78 is 0. The maximum atomic E-state index is 12.2. The van der Waals surface area contributed by atoms with E-state index in [9.17, 15) is 19.2 Å². The SMILES string of the molecule is CSCC[C@H](N)C(=O)N[C@@H](CC(=O)O)C(=O)NCC(=O)Nc1ccccc1.Cl. The number of amides is 3. The van der Waals surface area contributed by atoms with E-state index in [4.69, 9.17) is 10.8 Å². The van der Waals surface area contributed by atoms with Crippen molar-refractivity contribution in [1.82, 2.24) is 10.6 Å². The van der Waals surface area contributed by atoms with E-state index in [0.29, 0.717) is 17.9 Å². The zero-order valence-electron chi connectivity index (χ0n) is 15.3. The lowest BCUT2D eigenvalue weighted by Crippen LogP contribution is -2.53. The van der Waals surface area contributed by atoms with Crippen molar-refractivity contribution >= 4 is 53.5 Å². The van der Waals surface area contributed by atoms with Gasteiger partial charge in [0.1, 0.15) is 6.04 Å². The van der Waals surface area contributed by atoms with Gasteiger partial charge in [-0.15, -0.1) is 12.4 Å². The van der Waals surface area contributed by atoms with Gasteiger partial charge in [-0.2, -0.15) is 11.8 Å². The Morgan fingerprint density at radius 2 is 1.79 bits per heavy atom. The van der Waals surface area contributed by atoms with Crippen LogP contribution >= 0.6 is 24.2 Å². The van der Waals surface area contributed by atoms with E-state index in [2.05, 4.69) is 16.0 Å². The molecular formula is C17H25ClN4O5S. The van der Waals surface area contributed by atoms with E-state index in [1.54, 1.807) is 30.3 Å². The van der Waals surface area contributed by atoms with Crippen molar-refractivity contribution in [2.75, 3.05) is 23.9 Å². The first kappa shape index (κ1) is 25.7. The lowest BCUT2D eigenvalue weighted by Gasteiger charge is -2.19. The maximum absolute atomic E-state index is 12.2. The number of carbonyl (C=O) groups is 4. The number of nitrogens with two attached hydrogens (primary N) is 1. The van der Waals surface area contributed by atoms with Gasteiger partial charge in [0, 0.05) is 5.69 Å². The first-order chi connectivity index (χ1) is 12.8. The largest absolute Gasteiger partial charge is 0.481 e. The number of anilines is 1. The van der Waals surface area contributed by atoms with Crippen molar-refractivity contribution in [3.8, 4) is 0 Å². The normalized spacial score (nSPS) is 12.1. The van der Waals surface area contributed by atoms with Crippen LogP contribution in [0.5, 0.6) is 0 Å². The topological polar surface area (TPSA) is 151 Å². The molecule has 0 fully saturated rings. The van der Waals surface area contributed by atoms with Crippen LogP contribution in [0, 0.1) is 0 Å². The van der Waals surface area contributed by atoms with Crippen LogP contribution in [0.1, 0.15) is 12.8 Å². The summed E-state index contributed by atoms with van der Waals surface area (Å²) >= 11 is 1.52. The zero-order chi connectivity index (χ0) is 20.2. The highest BCUT2D eigenvalue weighted by Crippen LogP contribution is 2.04. The minimum atomic E-state index is -1.32. The fourth-order valence-corrected chi connectivity index (χ4v) is 2.55. The Balaban J connectivity index is 0.00000729. The summed E-state index contributed by atoms with van der Waals surface area (Å²) in [5, 5.41) is 16.2. The van der Waals surface area contributed by atoms with E-state index in [1.165, 1.54) is 11.8 Å². The number of carboxylic acids is 1. The molecule has 28 heavy (non-hydrogen) atoms. The van der Waals surface area contributed by atoms with E-state index in [1.807, 2.05) is 6.26 Å². The predicted molar refractivity (Wildman–Crippen MR) is 110 cm³/mol. The van der Waals surface area contributed by atoms with Crippen molar-refractivity contribution in [3.63, 3.8) is 0 Å². The van der Waals surface area contributed by atoms with Gasteiger partial charge < -0.3 is 26.8 Å². The highest BCUT2D eigenvalue weighted by Gasteiger charge is 2.26. The Morgan fingerprint density at radius 3 is 2.36 bits per heavy atom. The standard InChI is InChI=1S/C17H24N4O5S.ClH/c1-27-8-7-12(18)16(25)21-13(9-15(23)24)17(26)19-10-14(22)20-11-5-3-2-4-6-11;/h2-6,12-13H,7-10,18H2,1H3,(H,19,26)(H,20,22)(H,21,25)(H,23,24);1H/t12-,13-;/m0./s1. The van der Waals surface area contributed by atoms with Gasteiger partial charge in [0.05, 0.1) is 19.0 Å². The van der Waals surface area contributed by atoms with E-state index in [0.717, 1.165) is 0 Å². The first-order valence-corrected chi connectivity index (χ1v) is 9.62. The minimum absolute atomic E-state index is 0. The molecule has 0 spiro atoms. The van der Waals surface area contributed by atoms with Crippen LogP contribution in [0.25, 0.3) is 0 Å². The molecular weight excluding hydrogens is 408 g/mol. The van der Waals surface area contributed by atoms with Crippen LogP contribution in [-0.2, 0) is 19.2 Å². The van der Waals surface area contributed by atoms with Gasteiger partial charge >= 0.3 is 5.97 Å². The number of benzene rings is 1. The number of hydrogen-bond acceptors (Lipinski definition) is 6. The Bertz CT molecular complexity index is 662. The summed E-state index contributed by atoms with van der Waals surface area (Å²) in [5.41, 5.74) is 6.28. The molecule has 0 unspecified atom stereocenters. The summed E-state index contributed by atoms with van der Waals surface area (Å²) in [6.45, 7) is -0.363. The number of carboxylic acid groups (broad SMARTS) is 1. The third kappa shape index (κ3) is 10.1. The molecule has 156 valence electrons. The number of carbonyl (C=O) groups excluding carboxylic acids is 3. The van der Waals surface area contributed by atoms with E-state index >= 15 is 0 Å². The van der Waals surface area contributed by atoms with Gasteiger partial charge in [-0.25, -0.2) is 0 Å². The number of para-hydroxylation sites is 1. The van der Waals surface area contributed by atoms with Crippen LogP contribution in [0.2, 0.25) is 0 Å². The molecule has 6 N–H and O–H groups in total. The second-order valence-corrected chi connectivity index (χ2v) is 6.66. The fraction of sp³-hybridized carbons (Fsp3) is 0.412. The second-order valence-electron chi connectivity index (χ2n) is 5.68. The highest BCUT2D eigenvalue weighted by atomic mass is 35.5. The number of nitrogens with one attached hydrogen (secondary N) is 3. The quantitative estimate of drug-likeness (QED) is 0.335. The number of rotatable bonds is 11. The summed E-state index contributed by atoms with van der Waals surface area (Å²) in [6, 6.07) is 6.48. The molecule has 1 aromatic carbocycles. The molecule has 3 amide bonds. The fourth-order valence-electron chi connectivity index (χ4n) is 2.06. The monoisotopic (exact) mass is 432 g/mol. The number of halogens is 1. The molecule has 0 radical (unpaired) electrons. The molecule has 0 aliphatic rings. The molecule has 0 aliphatic heterocycles. The van der Waals surface area contributed by atoms with Crippen molar-refractivity contribution in [2.45, 2.75) is 24.9 Å². The van der Waals surface area contributed by atoms with Gasteiger partial charge in [-0.05, 0) is 30.6 Å². The average molecular weight is 433 g/mol. The lowest BCUT2D eigenvalue weighted by atomic mass is 10.1. The van der Waals surface area contributed by atoms with E-state index < -0.39 is 42.2 Å². The van der Waals surface area contributed by atoms with Crippen LogP contribution in [0.3, 0.4) is 0 Å². The average Bonchev–Trinajstić information content (AvgIpc) is 2.63. The molecule has 0 saturated carbocycles. The molecule has 0 aliphatic carbocycles. The summed E-state index contributed by atoms with van der Waals surface area (Å²) in [6.07, 6.45) is 1.65. The van der Waals surface area contributed by atoms with Crippen molar-refractivity contribution in [1.29, 1.82) is 0 Å². The Hall–Kier alpha value is -2.30. The molecule has 0 bridgehead atoms. The van der Waals surface area contributed by atoms with Crippen molar-refractivity contribution in [3.05, 3.63) is 30.3 Å². The van der Waals surface area contributed by atoms with Gasteiger partial charge in [-0.3, -0.25) is 19.2 Å². The summed E-state index contributed by atoms with van der Waals surface area (Å²) in [4.78, 5) is 47.1. The molecule has 1 rings (SSSR count). The van der Waals surface area contributed by atoms with Gasteiger partial charge in [0.15, 0.2) is 0 Å². The van der Waals surface area contributed by atoms with Crippen molar-refractivity contribution in [2.24, 2.45) is 5.73 Å². The minimum Gasteiger partial charge on any atom is -0.481 e. The molecule has 1 aromatic rings. The second kappa shape index (κ2) is 13.8. The van der Waals surface area contributed by atoms with Gasteiger partial charge in [-0.1, -0.05) is 18.2 Å². The van der Waals surface area contributed by atoms with Gasteiger partial charge in [0.2, 0.25) is 17.7 Å². The first-order valence-electron chi connectivity index (χ1n) is 8.22. The van der Waals surface area contributed by atoms with Crippen LogP contribution < -0.4 is 21.7 Å². The summed E-state index contributed by atoms with van der Waals surface area (Å²) in [5.74, 6) is -2.47. The Morgan fingerprint density at radius 1 is 1.14 bits per heavy atom. The third-order valence-electron chi connectivity index (χ3n) is 3.46. The molecule has 2 atom stereocenters. The highest BCUT2D eigenvalue weighted by molar-refractivity contribution is 7.98. The third-order valence-corrected chi connectivity index (χ3v) is 4.11. The molecule has 11 heteroatoms.